The molecule has 7 heteroatoms. The van der Waals surface area contributed by atoms with E-state index < -0.39 is 10.0 Å². The molecule has 0 aliphatic heterocycles. The van der Waals surface area contributed by atoms with Gasteiger partial charge in [0.25, 0.3) is 0 Å². The standard InChI is InChI=1S/C15H14ClN3O2S/c1-19-10-17-14-8-12(6-7-15(14)19)18-22(20,21)9-11-4-2-3-5-13(11)16/h2-8,10,18H,9H2,1H3. The number of imidazole rings is 1. The van der Waals surface area contributed by atoms with Gasteiger partial charge in [0.1, 0.15) is 0 Å². The molecule has 0 bridgehead atoms. The summed E-state index contributed by atoms with van der Waals surface area (Å²) in [6.45, 7) is 0. The van der Waals surface area contributed by atoms with Gasteiger partial charge in [0.2, 0.25) is 10.0 Å². The normalized spacial score (nSPS) is 11.7. The number of benzene rings is 2. The number of aromatic nitrogens is 2. The van der Waals surface area contributed by atoms with E-state index >= 15 is 0 Å². The summed E-state index contributed by atoms with van der Waals surface area (Å²) in [4.78, 5) is 4.21. The average molecular weight is 336 g/mol. The molecule has 1 aromatic heterocycles. The molecule has 0 atom stereocenters. The number of nitrogens with one attached hydrogen (secondary N) is 1. The third-order valence-electron chi connectivity index (χ3n) is 3.30. The van der Waals surface area contributed by atoms with Crippen molar-refractivity contribution in [3.63, 3.8) is 0 Å². The molecule has 0 aliphatic rings. The minimum atomic E-state index is -3.54. The summed E-state index contributed by atoms with van der Waals surface area (Å²) in [5.41, 5.74) is 2.73. The Balaban J connectivity index is 1.85. The van der Waals surface area contributed by atoms with Crippen molar-refractivity contribution in [1.82, 2.24) is 9.55 Å². The maximum absolute atomic E-state index is 12.3. The third kappa shape index (κ3) is 3.08. The van der Waals surface area contributed by atoms with Crippen LogP contribution in [-0.2, 0) is 22.8 Å². The number of aryl methyl sites for hydroxylation is 1. The van der Waals surface area contributed by atoms with Crippen LogP contribution in [0.5, 0.6) is 0 Å². The Hall–Kier alpha value is -2.05. The molecule has 0 radical (unpaired) electrons. The van der Waals surface area contributed by atoms with Crippen LogP contribution in [0.15, 0.2) is 48.8 Å². The van der Waals surface area contributed by atoms with Crippen molar-refractivity contribution in [2.75, 3.05) is 4.72 Å². The van der Waals surface area contributed by atoms with Gasteiger partial charge in [0, 0.05) is 12.1 Å². The van der Waals surface area contributed by atoms with Crippen molar-refractivity contribution in [3.8, 4) is 0 Å². The van der Waals surface area contributed by atoms with E-state index in [4.69, 9.17) is 11.6 Å². The highest BCUT2D eigenvalue weighted by atomic mass is 35.5. The first-order chi connectivity index (χ1) is 10.4. The molecule has 3 rings (SSSR count). The molecule has 0 aliphatic carbocycles. The van der Waals surface area contributed by atoms with Gasteiger partial charge in [-0.25, -0.2) is 13.4 Å². The Morgan fingerprint density at radius 1 is 1.23 bits per heavy atom. The van der Waals surface area contributed by atoms with Crippen LogP contribution in [0, 0.1) is 0 Å². The number of sulfonamides is 1. The largest absolute Gasteiger partial charge is 0.334 e. The minimum absolute atomic E-state index is 0.174. The van der Waals surface area contributed by atoms with E-state index in [-0.39, 0.29) is 5.75 Å². The quantitative estimate of drug-likeness (QED) is 0.796. The van der Waals surface area contributed by atoms with Crippen molar-refractivity contribution in [2.24, 2.45) is 7.05 Å². The number of anilines is 1. The number of hydrogen-bond acceptors (Lipinski definition) is 3. The van der Waals surface area contributed by atoms with Crippen molar-refractivity contribution in [1.29, 1.82) is 0 Å². The van der Waals surface area contributed by atoms with Crippen LogP contribution in [0.25, 0.3) is 11.0 Å². The van der Waals surface area contributed by atoms with Crippen LogP contribution in [0.2, 0.25) is 5.02 Å². The topological polar surface area (TPSA) is 64.0 Å². The fourth-order valence-corrected chi connectivity index (χ4v) is 3.74. The predicted molar refractivity (Wildman–Crippen MR) is 88.4 cm³/mol. The van der Waals surface area contributed by atoms with Gasteiger partial charge in [-0.1, -0.05) is 29.8 Å². The highest BCUT2D eigenvalue weighted by molar-refractivity contribution is 7.91. The molecule has 114 valence electrons. The van der Waals surface area contributed by atoms with Crippen LogP contribution >= 0.6 is 11.6 Å². The molecule has 1 heterocycles. The van der Waals surface area contributed by atoms with E-state index in [1.54, 1.807) is 42.7 Å². The van der Waals surface area contributed by atoms with Gasteiger partial charge < -0.3 is 4.57 Å². The predicted octanol–water partition coefficient (Wildman–Crippen LogP) is 3.17. The molecule has 0 fully saturated rings. The summed E-state index contributed by atoms with van der Waals surface area (Å²) in [5, 5.41) is 0.438. The highest BCUT2D eigenvalue weighted by Gasteiger charge is 2.14. The zero-order valence-corrected chi connectivity index (χ0v) is 13.4. The molecule has 0 saturated carbocycles. The number of fused-ring (bicyclic) bond motifs is 1. The number of rotatable bonds is 4. The second kappa shape index (κ2) is 5.62. The first-order valence-corrected chi connectivity index (χ1v) is 8.63. The maximum atomic E-state index is 12.3. The molecular weight excluding hydrogens is 322 g/mol. The van der Waals surface area contributed by atoms with Gasteiger partial charge in [-0.3, -0.25) is 4.72 Å². The summed E-state index contributed by atoms with van der Waals surface area (Å²) >= 11 is 6.01. The van der Waals surface area contributed by atoms with E-state index in [9.17, 15) is 8.42 Å². The number of hydrogen-bond donors (Lipinski definition) is 1. The summed E-state index contributed by atoms with van der Waals surface area (Å²) in [7, 11) is -1.66. The Morgan fingerprint density at radius 2 is 2.00 bits per heavy atom. The van der Waals surface area contributed by atoms with Crippen LogP contribution in [0.4, 0.5) is 5.69 Å². The molecule has 5 nitrogen and oxygen atoms in total. The van der Waals surface area contributed by atoms with Crippen molar-refractivity contribution < 1.29 is 8.42 Å². The van der Waals surface area contributed by atoms with E-state index in [0.717, 1.165) is 11.0 Å². The number of halogens is 1. The van der Waals surface area contributed by atoms with Gasteiger partial charge >= 0.3 is 0 Å². The Kier molecular flexibility index (Phi) is 3.80. The van der Waals surface area contributed by atoms with Crippen molar-refractivity contribution in [2.45, 2.75) is 5.75 Å². The molecular formula is C15H14ClN3O2S. The monoisotopic (exact) mass is 335 g/mol. The Labute approximate surface area is 133 Å². The number of nitrogens with zero attached hydrogens (tertiary/aromatic N) is 2. The van der Waals surface area contributed by atoms with Crippen LogP contribution in [0.3, 0.4) is 0 Å². The summed E-state index contributed by atoms with van der Waals surface area (Å²) in [6, 6.07) is 12.1. The molecule has 3 aromatic rings. The summed E-state index contributed by atoms with van der Waals surface area (Å²) < 4.78 is 29.0. The van der Waals surface area contributed by atoms with Crippen molar-refractivity contribution in [3.05, 3.63) is 59.4 Å². The third-order valence-corrected chi connectivity index (χ3v) is 4.91. The fourth-order valence-electron chi connectivity index (χ4n) is 2.24. The van der Waals surface area contributed by atoms with E-state index in [0.29, 0.717) is 16.3 Å². The Bertz CT molecular complexity index is 935. The zero-order valence-electron chi connectivity index (χ0n) is 11.8. The van der Waals surface area contributed by atoms with Crippen LogP contribution in [-0.4, -0.2) is 18.0 Å². The summed E-state index contributed by atoms with van der Waals surface area (Å²) in [6.07, 6.45) is 1.69. The molecule has 0 saturated heterocycles. The van der Waals surface area contributed by atoms with Gasteiger partial charge in [-0.15, -0.1) is 0 Å². The minimum Gasteiger partial charge on any atom is -0.334 e. The second-order valence-electron chi connectivity index (χ2n) is 5.01. The first kappa shape index (κ1) is 14.9. The molecule has 0 amide bonds. The highest BCUT2D eigenvalue weighted by Crippen LogP contribution is 2.21. The molecule has 22 heavy (non-hydrogen) atoms. The molecule has 0 spiro atoms. The smallest absolute Gasteiger partial charge is 0.236 e. The van der Waals surface area contributed by atoms with Crippen LogP contribution < -0.4 is 4.72 Å². The van der Waals surface area contributed by atoms with Crippen LogP contribution in [0.1, 0.15) is 5.56 Å². The van der Waals surface area contributed by atoms with E-state index in [1.165, 1.54) is 0 Å². The average Bonchev–Trinajstić information content (AvgIpc) is 2.82. The van der Waals surface area contributed by atoms with Gasteiger partial charge in [-0.2, -0.15) is 0 Å². The van der Waals surface area contributed by atoms with E-state index in [2.05, 4.69) is 9.71 Å². The summed E-state index contributed by atoms with van der Waals surface area (Å²) in [5.74, 6) is -0.174. The molecule has 0 unspecified atom stereocenters. The second-order valence-corrected chi connectivity index (χ2v) is 7.14. The van der Waals surface area contributed by atoms with Gasteiger partial charge in [0.05, 0.1) is 28.8 Å². The SMILES string of the molecule is Cn1cnc2cc(NS(=O)(=O)Cc3ccccc3Cl)ccc21. The molecule has 1 N–H and O–H groups in total. The fraction of sp³-hybridized carbons (Fsp3) is 0.133. The van der Waals surface area contributed by atoms with Crippen molar-refractivity contribution >= 4 is 38.3 Å². The Morgan fingerprint density at radius 3 is 2.77 bits per heavy atom. The maximum Gasteiger partial charge on any atom is 0.236 e. The lowest BCUT2D eigenvalue weighted by atomic mass is 10.2. The van der Waals surface area contributed by atoms with E-state index in [1.807, 2.05) is 17.7 Å². The lowest BCUT2D eigenvalue weighted by Gasteiger charge is -2.09. The molecule has 2 aromatic carbocycles. The lowest BCUT2D eigenvalue weighted by Crippen LogP contribution is -2.15. The van der Waals surface area contributed by atoms with Gasteiger partial charge in [0.15, 0.2) is 0 Å². The lowest BCUT2D eigenvalue weighted by molar-refractivity contribution is 0.600. The first-order valence-electron chi connectivity index (χ1n) is 6.59. The van der Waals surface area contributed by atoms with Gasteiger partial charge in [-0.05, 0) is 29.8 Å². The zero-order chi connectivity index (χ0) is 15.7.